The summed E-state index contributed by atoms with van der Waals surface area (Å²) in [6.45, 7) is 4.20. The minimum absolute atomic E-state index is 0.908. The average Bonchev–Trinajstić information content (AvgIpc) is 3.62. The molecule has 0 aliphatic carbocycles. The Morgan fingerprint density at radius 2 is 0.972 bits per heavy atom. The Morgan fingerprint density at radius 3 is 1.56 bits per heavy atom. The van der Waals surface area contributed by atoms with Crippen molar-refractivity contribution >= 4 is 0 Å². The molecule has 36 heavy (non-hydrogen) atoms. The van der Waals surface area contributed by atoms with Crippen molar-refractivity contribution in [3.05, 3.63) is 133 Å². The Morgan fingerprint density at radius 1 is 0.472 bits per heavy atom. The van der Waals surface area contributed by atoms with Gasteiger partial charge in [0.05, 0.1) is 23.8 Å². The highest BCUT2D eigenvalue weighted by Crippen LogP contribution is 2.24. The highest BCUT2D eigenvalue weighted by Gasteiger charge is 2.07. The molecular weight excluding hydrogens is 440 g/mol. The van der Waals surface area contributed by atoms with Gasteiger partial charge in [0.25, 0.3) is 0 Å². The molecule has 2 N–H and O–H groups in total. The molecule has 4 heteroatoms. The molecule has 2 aromatic heterocycles. The normalized spacial score (nSPS) is 10.5. The molecule has 6 rings (SSSR count). The molecule has 0 amide bonds. The largest absolute Gasteiger partial charge is 0.338 e. The number of aromatic nitrogens is 4. The highest BCUT2D eigenvalue weighted by molar-refractivity contribution is 5.67. The standard InChI is InChI=1S/2C16H14N2/c1-12-7-5-6-10-14(12)15-11-17-16(18-15)13-8-3-2-4-9-13;1-12-7-9-13(10-8-12)15-11-17-16(18-15)14-5-3-2-4-6-14/h2*2-11H,1H3,(H,17,18). The quantitative estimate of drug-likeness (QED) is 0.274. The second kappa shape index (κ2) is 10.7. The topological polar surface area (TPSA) is 57.4 Å². The second-order valence-corrected chi connectivity index (χ2v) is 8.70. The summed E-state index contributed by atoms with van der Waals surface area (Å²) in [6, 6.07) is 37.1. The number of rotatable bonds is 4. The summed E-state index contributed by atoms with van der Waals surface area (Å²) < 4.78 is 0. The minimum Gasteiger partial charge on any atom is -0.338 e. The summed E-state index contributed by atoms with van der Waals surface area (Å²) in [5.41, 5.74) is 9.21. The molecule has 0 bridgehead atoms. The van der Waals surface area contributed by atoms with Crippen molar-refractivity contribution in [3.63, 3.8) is 0 Å². The molecule has 0 saturated carbocycles. The zero-order chi connectivity index (χ0) is 24.7. The summed E-state index contributed by atoms with van der Waals surface area (Å²) in [5, 5.41) is 0. The molecule has 6 aromatic rings. The molecule has 0 fully saturated rings. The number of nitrogens with zero attached hydrogens (tertiary/aromatic N) is 2. The Bertz CT molecular complexity index is 1530. The number of benzene rings is 4. The number of hydrogen-bond acceptors (Lipinski definition) is 2. The molecule has 2 heterocycles. The summed E-state index contributed by atoms with van der Waals surface area (Å²) in [5.74, 6) is 1.82. The first kappa shape index (κ1) is 23.1. The van der Waals surface area contributed by atoms with Crippen molar-refractivity contribution in [1.29, 1.82) is 0 Å². The summed E-state index contributed by atoms with van der Waals surface area (Å²) in [6.07, 6.45) is 3.78. The monoisotopic (exact) mass is 468 g/mol. The lowest BCUT2D eigenvalue weighted by atomic mass is 10.1. The van der Waals surface area contributed by atoms with Crippen molar-refractivity contribution < 1.29 is 0 Å². The molecule has 176 valence electrons. The van der Waals surface area contributed by atoms with Crippen LogP contribution in [0.15, 0.2) is 122 Å². The first-order valence-corrected chi connectivity index (χ1v) is 12.0. The first-order chi connectivity index (χ1) is 17.7. The Kier molecular flexibility index (Phi) is 6.86. The molecule has 0 atom stereocenters. The molecule has 0 unspecified atom stereocenters. The summed E-state index contributed by atoms with van der Waals surface area (Å²) in [7, 11) is 0. The predicted molar refractivity (Wildman–Crippen MR) is 148 cm³/mol. The average molecular weight is 469 g/mol. The van der Waals surface area contributed by atoms with E-state index in [1.165, 1.54) is 16.7 Å². The van der Waals surface area contributed by atoms with E-state index in [-0.39, 0.29) is 0 Å². The van der Waals surface area contributed by atoms with Crippen LogP contribution < -0.4 is 0 Å². The van der Waals surface area contributed by atoms with Gasteiger partial charge in [0.1, 0.15) is 11.6 Å². The van der Waals surface area contributed by atoms with Gasteiger partial charge in [-0.3, -0.25) is 0 Å². The van der Waals surface area contributed by atoms with Crippen LogP contribution in [0.25, 0.3) is 45.3 Å². The molecule has 0 radical (unpaired) electrons. The smallest absolute Gasteiger partial charge is 0.137 e. The van der Waals surface area contributed by atoms with Crippen molar-refractivity contribution in [3.8, 4) is 45.3 Å². The number of aryl methyl sites for hydroxylation is 2. The molecule has 0 saturated heterocycles. The molecule has 4 nitrogen and oxygen atoms in total. The van der Waals surface area contributed by atoms with E-state index in [1.807, 2.05) is 60.9 Å². The Labute approximate surface area is 211 Å². The number of nitrogens with one attached hydrogen (secondary N) is 2. The van der Waals surface area contributed by atoms with Gasteiger partial charge in [-0.15, -0.1) is 0 Å². The maximum atomic E-state index is 4.45. The van der Waals surface area contributed by atoms with Gasteiger partial charge >= 0.3 is 0 Å². The lowest BCUT2D eigenvalue weighted by molar-refractivity contribution is 1.31. The number of imidazole rings is 2. The highest BCUT2D eigenvalue weighted by atomic mass is 14.9. The van der Waals surface area contributed by atoms with Gasteiger partial charge in [-0.05, 0) is 25.0 Å². The maximum absolute atomic E-state index is 4.45. The number of H-pyrrole nitrogens is 2. The van der Waals surface area contributed by atoms with Crippen LogP contribution in [0.5, 0.6) is 0 Å². The van der Waals surface area contributed by atoms with Gasteiger partial charge in [0, 0.05) is 16.7 Å². The van der Waals surface area contributed by atoms with Gasteiger partial charge in [0.2, 0.25) is 0 Å². The zero-order valence-electron chi connectivity index (χ0n) is 20.4. The van der Waals surface area contributed by atoms with E-state index < -0.39 is 0 Å². The van der Waals surface area contributed by atoms with Crippen LogP contribution in [-0.2, 0) is 0 Å². The van der Waals surface area contributed by atoms with Gasteiger partial charge < -0.3 is 9.97 Å². The van der Waals surface area contributed by atoms with E-state index in [9.17, 15) is 0 Å². The van der Waals surface area contributed by atoms with Crippen LogP contribution >= 0.6 is 0 Å². The van der Waals surface area contributed by atoms with Crippen molar-refractivity contribution in [2.75, 3.05) is 0 Å². The fourth-order valence-electron chi connectivity index (χ4n) is 4.02. The number of aromatic amines is 2. The van der Waals surface area contributed by atoms with Gasteiger partial charge in [-0.2, -0.15) is 0 Å². The third kappa shape index (κ3) is 5.34. The lowest BCUT2D eigenvalue weighted by Gasteiger charge is -2.01. The summed E-state index contributed by atoms with van der Waals surface area (Å²) in [4.78, 5) is 15.6. The van der Waals surface area contributed by atoms with Crippen LogP contribution in [0.4, 0.5) is 0 Å². The third-order valence-electron chi connectivity index (χ3n) is 6.04. The molecular formula is C32H28N4. The van der Waals surface area contributed by atoms with Gasteiger partial charge in [-0.1, -0.05) is 115 Å². The van der Waals surface area contributed by atoms with Crippen LogP contribution in [0.2, 0.25) is 0 Å². The number of hydrogen-bond donors (Lipinski definition) is 2. The van der Waals surface area contributed by atoms with Crippen molar-refractivity contribution in [2.24, 2.45) is 0 Å². The maximum Gasteiger partial charge on any atom is 0.137 e. The molecule has 0 aliphatic heterocycles. The van der Waals surface area contributed by atoms with Gasteiger partial charge in [0.15, 0.2) is 0 Å². The van der Waals surface area contributed by atoms with Gasteiger partial charge in [-0.25, -0.2) is 9.97 Å². The third-order valence-corrected chi connectivity index (χ3v) is 6.04. The van der Waals surface area contributed by atoms with E-state index in [4.69, 9.17) is 0 Å². The Hall–Kier alpha value is -4.70. The first-order valence-electron chi connectivity index (χ1n) is 12.0. The fraction of sp³-hybridized carbons (Fsp3) is 0.0625. The summed E-state index contributed by atoms with van der Waals surface area (Å²) >= 11 is 0. The minimum atomic E-state index is 0.908. The van der Waals surface area contributed by atoms with E-state index >= 15 is 0 Å². The van der Waals surface area contributed by atoms with Crippen LogP contribution in [0, 0.1) is 13.8 Å². The van der Waals surface area contributed by atoms with Crippen molar-refractivity contribution in [1.82, 2.24) is 19.9 Å². The van der Waals surface area contributed by atoms with E-state index in [2.05, 4.69) is 94.4 Å². The fourth-order valence-corrected chi connectivity index (χ4v) is 4.02. The lowest BCUT2D eigenvalue weighted by Crippen LogP contribution is -1.83. The molecule has 0 spiro atoms. The van der Waals surface area contributed by atoms with Crippen LogP contribution in [0.1, 0.15) is 11.1 Å². The molecule has 4 aromatic carbocycles. The molecule has 0 aliphatic rings. The second-order valence-electron chi connectivity index (χ2n) is 8.70. The van der Waals surface area contributed by atoms with E-state index in [1.54, 1.807) is 0 Å². The van der Waals surface area contributed by atoms with Crippen molar-refractivity contribution in [2.45, 2.75) is 13.8 Å². The zero-order valence-corrected chi connectivity index (χ0v) is 20.4. The van der Waals surface area contributed by atoms with Crippen LogP contribution in [0.3, 0.4) is 0 Å². The van der Waals surface area contributed by atoms with E-state index in [0.717, 1.165) is 39.7 Å². The Balaban J connectivity index is 0.000000148. The predicted octanol–water partition coefficient (Wildman–Crippen LogP) is 8.10. The van der Waals surface area contributed by atoms with E-state index in [0.29, 0.717) is 0 Å². The van der Waals surface area contributed by atoms with Crippen LogP contribution in [-0.4, -0.2) is 19.9 Å². The SMILES string of the molecule is Cc1ccc(-c2cnc(-c3ccccc3)[nH]2)cc1.Cc1ccccc1-c1cnc(-c2ccccc2)[nH]1.